The average molecular weight is 570 g/mol. The maximum atomic E-state index is 13.6. The van der Waals surface area contributed by atoms with Crippen molar-refractivity contribution < 1.29 is 24.5 Å². The number of aliphatic hydroxyl groups is 2. The Kier molecular flexibility index (Phi) is 8.22. The molecule has 5 fully saturated rings. The zero-order chi connectivity index (χ0) is 30.1. The summed E-state index contributed by atoms with van der Waals surface area (Å²) in [7, 11) is 0. The van der Waals surface area contributed by atoms with Crippen molar-refractivity contribution in [2.24, 2.45) is 51.6 Å². The van der Waals surface area contributed by atoms with Gasteiger partial charge in [0.2, 0.25) is 0 Å². The number of ketones is 1. The Morgan fingerprint density at radius 1 is 0.976 bits per heavy atom. The first-order valence-corrected chi connectivity index (χ1v) is 16.3. The van der Waals surface area contributed by atoms with Gasteiger partial charge in [0.05, 0.1) is 12.2 Å². The summed E-state index contributed by atoms with van der Waals surface area (Å²) in [6.07, 6.45) is 7.46. The summed E-state index contributed by atoms with van der Waals surface area (Å²) >= 11 is 0. The first kappa shape index (κ1) is 30.9. The Morgan fingerprint density at radius 2 is 1.68 bits per heavy atom. The van der Waals surface area contributed by atoms with Gasteiger partial charge in [0.15, 0.2) is 5.78 Å². The first-order valence-electron chi connectivity index (χ1n) is 16.3. The fourth-order valence-electron chi connectivity index (χ4n) is 11.5. The van der Waals surface area contributed by atoms with Crippen LogP contribution in [0.1, 0.15) is 113 Å². The number of rotatable bonds is 4. The number of ether oxygens (including phenoxy) is 1. The van der Waals surface area contributed by atoms with Gasteiger partial charge in [-0.25, -0.2) is 0 Å². The predicted molar refractivity (Wildman–Crippen MR) is 161 cm³/mol. The third kappa shape index (κ3) is 4.70. The maximum Gasteiger partial charge on any atom is 0.303 e. The average Bonchev–Trinajstić information content (AvgIpc) is 3.16. The van der Waals surface area contributed by atoms with E-state index >= 15 is 0 Å². The molecule has 5 aliphatic rings. The Labute approximate surface area is 247 Å². The normalized spacial score (nSPS) is 47.1. The van der Waals surface area contributed by atoms with Crippen molar-refractivity contribution in [3.05, 3.63) is 22.3 Å². The second-order valence-electron chi connectivity index (χ2n) is 15.4. The lowest BCUT2D eigenvalue weighted by Crippen LogP contribution is -2.66. The first-order chi connectivity index (χ1) is 19.2. The van der Waals surface area contributed by atoms with E-state index in [1.165, 1.54) is 18.1 Å². The second-order valence-corrected chi connectivity index (χ2v) is 15.4. The van der Waals surface area contributed by atoms with Crippen LogP contribution in [0.25, 0.3) is 0 Å². The Morgan fingerprint density at radius 3 is 2.29 bits per heavy atom. The summed E-state index contributed by atoms with van der Waals surface area (Å²) < 4.78 is 6.13. The van der Waals surface area contributed by atoms with Gasteiger partial charge in [-0.15, -0.1) is 0 Å². The summed E-state index contributed by atoms with van der Waals surface area (Å²) in [5, 5.41) is 23.0. The molecule has 0 saturated heterocycles. The van der Waals surface area contributed by atoms with Crippen molar-refractivity contribution in [2.45, 2.75) is 131 Å². The monoisotopic (exact) mass is 569 g/mol. The van der Waals surface area contributed by atoms with Crippen LogP contribution in [-0.4, -0.2) is 46.8 Å². The van der Waals surface area contributed by atoms with E-state index < -0.39 is 12.2 Å². The molecule has 6 heteroatoms. The maximum absolute atomic E-state index is 13.6. The van der Waals surface area contributed by atoms with Crippen molar-refractivity contribution in [3.8, 4) is 0 Å². The highest BCUT2D eigenvalue weighted by Crippen LogP contribution is 2.74. The lowest BCUT2D eigenvalue weighted by atomic mass is 9.36. The van der Waals surface area contributed by atoms with Gasteiger partial charge in [-0.1, -0.05) is 31.9 Å². The lowest BCUT2D eigenvalue weighted by molar-refractivity contribution is -0.234. The summed E-state index contributed by atoms with van der Waals surface area (Å²) in [6, 6.07) is 0. The summed E-state index contributed by atoms with van der Waals surface area (Å²) in [6.45, 7) is 15.1. The van der Waals surface area contributed by atoms with Gasteiger partial charge in [0, 0.05) is 18.4 Å². The van der Waals surface area contributed by atoms with Crippen molar-refractivity contribution in [2.75, 3.05) is 6.54 Å². The fourth-order valence-corrected chi connectivity index (χ4v) is 11.5. The van der Waals surface area contributed by atoms with Crippen LogP contribution in [0.15, 0.2) is 22.3 Å². The predicted octanol–water partition coefficient (Wildman–Crippen LogP) is 5.89. The molecule has 0 spiro atoms. The largest absolute Gasteiger partial charge is 0.458 e. The molecule has 0 aliphatic heterocycles. The summed E-state index contributed by atoms with van der Waals surface area (Å²) in [5.74, 6) is 0.288. The highest BCUT2D eigenvalue weighted by molar-refractivity contribution is 5.95. The van der Waals surface area contributed by atoms with Crippen LogP contribution >= 0.6 is 0 Å². The molecule has 230 valence electrons. The summed E-state index contributed by atoms with van der Waals surface area (Å²) in [5.41, 5.74) is 10.4. The quantitative estimate of drug-likeness (QED) is 0.221. The number of esters is 1. The minimum Gasteiger partial charge on any atom is -0.458 e. The van der Waals surface area contributed by atoms with Gasteiger partial charge < -0.3 is 20.7 Å². The zero-order valence-corrected chi connectivity index (χ0v) is 26.6. The van der Waals surface area contributed by atoms with Gasteiger partial charge in [-0.2, -0.15) is 0 Å². The number of aliphatic hydroxyl groups excluding tert-OH is 2. The molecular weight excluding hydrogens is 514 g/mol. The molecule has 41 heavy (non-hydrogen) atoms. The van der Waals surface area contributed by atoms with Crippen LogP contribution in [0.2, 0.25) is 0 Å². The number of hydrogen-bond acceptors (Lipinski definition) is 6. The van der Waals surface area contributed by atoms with Crippen LogP contribution in [-0.2, 0) is 14.3 Å². The smallest absolute Gasteiger partial charge is 0.303 e. The number of fused-ring (bicyclic) bond motifs is 5. The highest BCUT2D eigenvalue weighted by atomic mass is 16.5. The molecule has 0 heterocycles. The van der Waals surface area contributed by atoms with E-state index in [9.17, 15) is 19.8 Å². The summed E-state index contributed by atoms with van der Waals surface area (Å²) in [4.78, 5) is 26.1. The van der Waals surface area contributed by atoms with Crippen LogP contribution in [0.3, 0.4) is 0 Å². The number of hydrogen-bond donors (Lipinski definition) is 3. The molecule has 5 saturated carbocycles. The van der Waals surface area contributed by atoms with Crippen molar-refractivity contribution in [3.63, 3.8) is 0 Å². The zero-order valence-electron chi connectivity index (χ0n) is 26.6. The van der Waals surface area contributed by atoms with Crippen molar-refractivity contribution >= 4 is 11.8 Å². The van der Waals surface area contributed by atoms with Crippen molar-refractivity contribution in [1.82, 2.24) is 0 Å². The number of nitrogens with two attached hydrogens (primary N) is 1. The molecule has 6 nitrogen and oxygen atoms in total. The third-order valence-corrected chi connectivity index (χ3v) is 13.4. The molecule has 4 N–H and O–H groups in total. The van der Waals surface area contributed by atoms with Gasteiger partial charge in [0.25, 0.3) is 0 Å². The molecule has 0 radical (unpaired) electrons. The van der Waals surface area contributed by atoms with Crippen molar-refractivity contribution in [1.29, 1.82) is 0 Å². The van der Waals surface area contributed by atoms with Crippen LogP contribution in [0.5, 0.6) is 0 Å². The molecule has 1 unspecified atom stereocenters. The van der Waals surface area contributed by atoms with E-state index in [4.69, 9.17) is 10.5 Å². The van der Waals surface area contributed by atoms with Gasteiger partial charge in [0.1, 0.15) is 6.10 Å². The van der Waals surface area contributed by atoms with E-state index in [0.717, 1.165) is 62.5 Å². The van der Waals surface area contributed by atoms with Crippen LogP contribution < -0.4 is 5.73 Å². The SMILES string of the molecule is CC(=O)O[C@H]1C[C@@]2(C)[C@@H](C[C@@H](O)[C@H]3[C@@]4(C)CC[C@@H](O)[C@@H](CN)[C@@H]4CC[C@@]32C)/C1=C(/C(C)=O)C1CCCC(=C(C)C)C1. The Balaban J connectivity index is 1.63. The van der Waals surface area contributed by atoms with Gasteiger partial charge >= 0.3 is 5.97 Å². The standard InChI is InChI=1S/C35H55NO5/c1-19(2)22-9-8-10-23(15-22)30(20(3)37)31-26-16-28(40)32-33(5)13-12-27(39)24(18-36)25(33)11-14-34(32,6)35(26,7)17-29(31)41-21(4)38/h23-29,32,39-40H,8-18,36H2,1-7H3/b31-30+/t23?,24-,25-,26-,27+,28+,29-,32-,33-,34-,35-/m0/s1. The van der Waals surface area contributed by atoms with Crippen LogP contribution in [0.4, 0.5) is 0 Å². The number of Topliss-reactive ketones (excluding diaryl/α,β-unsaturated/α-hetero) is 1. The second kappa shape index (κ2) is 10.9. The molecule has 5 aliphatic carbocycles. The van der Waals surface area contributed by atoms with E-state index in [-0.39, 0.29) is 63.7 Å². The molecule has 0 bridgehead atoms. The van der Waals surface area contributed by atoms with Gasteiger partial charge in [-0.05, 0) is 137 Å². The third-order valence-electron chi connectivity index (χ3n) is 13.4. The fraction of sp³-hybridized carbons (Fsp3) is 0.829. The number of allylic oxidation sites excluding steroid dienone is 3. The molecule has 0 aromatic rings. The number of carbonyl (C=O) groups is 2. The highest BCUT2D eigenvalue weighted by Gasteiger charge is 2.71. The molecule has 11 atom stereocenters. The minimum atomic E-state index is -0.529. The molecule has 5 rings (SSSR count). The molecule has 0 aromatic carbocycles. The van der Waals surface area contributed by atoms with Crippen LogP contribution in [0, 0.1) is 45.8 Å². The molecule has 0 amide bonds. The number of carbonyl (C=O) groups excluding carboxylic acids is 2. The Hall–Kier alpha value is -1.50. The molecular formula is C35H55NO5. The lowest BCUT2D eigenvalue weighted by Gasteiger charge is -2.69. The Bertz CT molecular complexity index is 1140. The van der Waals surface area contributed by atoms with E-state index in [1.54, 1.807) is 6.92 Å². The minimum absolute atomic E-state index is 0.0151. The van der Waals surface area contributed by atoms with E-state index in [2.05, 4.69) is 34.6 Å². The van der Waals surface area contributed by atoms with E-state index in [0.29, 0.717) is 19.4 Å². The topological polar surface area (TPSA) is 110 Å². The van der Waals surface area contributed by atoms with Gasteiger partial charge in [-0.3, -0.25) is 9.59 Å². The molecule has 0 aromatic heterocycles. The van der Waals surface area contributed by atoms with E-state index in [1.807, 2.05) is 0 Å².